The van der Waals surface area contributed by atoms with Crippen LogP contribution in [0.2, 0.25) is 0 Å². The number of amides is 2. The number of aliphatic carboxylic acids is 2. The van der Waals surface area contributed by atoms with E-state index in [4.69, 9.17) is 26.2 Å². The highest BCUT2D eigenvalue weighted by molar-refractivity contribution is 7.99. The normalized spacial score (nSPS) is 13.1. The molecule has 0 aromatic heterocycles. The third-order valence-electron chi connectivity index (χ3n) is 7.64. The lowest BCUT2D eigenvalue weighted by atomic mass is 9.81. The minimum Gasteiger partial charge on any atom is -0.507 e. The molecule has 284 valence electrons. The first-order valence-corrected chi connectivity index (χ1v) is 17.2. The van der Waals surface area contributed by atoms with Crippen LogP contribution in [0.3, 0.4) is 0 Å². The monoisotopic (exact) mass is 749 g/mol. The van der Waals surface area contributed by atoms with E-state index in [2.05, 4.69) is 31.9 Å². The van der Waals surface area contributed by atoms with Gasteiger partial charge in [-0.1, -0.05) is 0 Å². The fraction of sp³-hybridized carbons (Fsp3) is 0.438. The van der Waals surface area contributed by atoms with Gasteiger partial charge in [-0.15, -0.1) is 11.8 Å². The molecule has 2 atom stereocenters. The Kier molecular flexibility index (Phi) is 16.1. The molecule has 0 aliphatic heterocycles. The maximum atomic E-state index is 14.2. The SMILES string of the molecule is NC(CCC(=O)NC(CSc1cc(O)c2c(c1O)C(=O)c1c(NCCNCCO)ccc(NCCNCCO)c1C2=O)C(=O)NCC(=O)O)C(=O)O. The van der Waals surface area contributed by atoms with Crippen molar-refractivity contribution in [3.63, 3.8) is 0 Å². The van der Waals surface area contributed by atoms with Gasteiger partial charge in [0.25, 0.3) is 0 Å². The molecule has 2 aromatic carbocycles. The topological polar surface area (TPSA) is 322 Å². The van der Waals surface area contributed by atoms with Crippen molar-refractivity contribution in [3.8, 4) is 11.5 Å². The zero-order chi connectivity index (χ0) is 38.4. The molecule has 20 heteroatoms. The first-order chi connectivity index (χ1) is 24.8. The number of carbonyl (C=O) groups is 6. The second kappa shape index (κ2) is 20.2. The molecule has 0 saturated carbocycles. The van der Waals surface area contributed by atoms with Crippen molar-refractivity contribution in [2.75, 3.05) is 75.4 Å². The van der Waals surface area contributed by atoms with Gasteiger partial charge in [0, 0.05) is 62.8 Å². The summed E-state index contributed by atoms with van der Waals surface area (Å²) in [6.45, 7) is 1.10. The molecule has 0 saturated heterocycles. The molecule has 0 bridgehead atoms. The summed E-state index contributed by atoms with van der Waals surface area (Å²) in [4.78, 5) is 75.5. The van der Waals surface area contributed by atoms with Crippen molar-refractivity contribution < 1.29 is 59.4 Å². The number of hydrogen-bond donors (Lipinski definition) is 13. The predicted octanol–water partition coefficient (Wildman–Crippen LogP) is -2.17. The average molecular weight is 750 g/mol. The fourth-order valence-corrected chi connectivity index (χ4v) is 6.13. The number of thioether (sulfide) groups is 1. The van der Waals surface area contributed by atoms with E-state index in [1.807, 2.05) is 0 Å². The number of carboxylic acid groups (broad SMARTS) is 2. The number of fused-ring (bicyclic) bond motifs is 2. The van der Waals surface area contributed by atoms with Gasteiger partial charge in [-0.3, -0.25) is 28.8 Å². The highest BCUT2D eigenvalue weighted by atomic mass is 32.2. The van der Waals surface area contributed by atoms with Crippen LogP contribution in [0.4, 0.5) is 11.4 Å². The average Bonchev–Trinajstić information content (AvgIpc) is 3.11. The van der Waals surface area contributed by atoms with Crippen LogP contribution in [0.1, 0.15) is 44.7 Å². The molecule has 0 heterocycles. The van der Waals surface area contributed by atoms with Gasteiger partial charge < -0.3 is 68.3 Å². The number of anilines is 2. The highest BCUT2D eigenvalue weighted by Gasteiger charge is 2.39. The third kappa shape index (κ3) is 11.0. The van der Waals surface area contributed by atoms with Gasteiger partial charge in [-0.25, -0.2) is 0 Å². The molecule has 2 aromatic rings. The Balaban J connectivity index is 1.96. The molecule has 2 amide bonds. The molecule has 1 aliphatic rings. The Labute approximate surface area is 301 Å². The summed E-state index contributed by atoms with van der Waals surface area (Å²) in [5.74, 6) is -7.68. The number of aliphatic hydroxyl groups excluding tert-OH is 2. The summed E-state index contributed by atoms with van der Waals surface area (Å²) in [7, 11) is 0. The van der Waals surface area contributed by atoms with Crippen molar-refractivity contribution in [2.24, 2.45) is 5.73 Å². The van der Waals surface area contributed by atoms with Gasteiger partial charge in [0.15, 0.2) is 0 Å². The number of ketones is 2. The minimum atomic E-state index is -1.43. The predicted molar refractivity (Wildman–Crippen MR) is 188 cm³/mol. The molecule has 52 heavy (non-hydrogen) atoms. The standard InChI is InChI=1S/C32H43N7O12S/c33-16(32(50)51)1-4-22(43)39-19(31(49)38-14-23(44)45)15-52-21-13-20(42)26-27(28(21)46)30(48)25-18(37-8-6-35-10-12-41)3-2-17(24(25)29(26)47)36-7-5-34-9-11-40/h2-3,13,16,19,34-37,40-42,46H,1,4-12,14-15,33H2,(H,38,49)(H,39,43)(H,44,45)(H,50,51). The van der Waals surface area contributed by atoms with E-state index in [0.717, 1.165) is 6.07 Å². The van der Waals surface area contributed by atoms with Gasteiger partial charge in [0.1, 0.15) is 30.1 Å². The molecule has 0 spiro atoms. The third-order valence-corrected chi connectivity index (χ3v) is 8.76. The maximum Gasteiger partial charge on any atom is 0.322 e. The number of hydrogen-bond acceptors (Lipinski definition) is 16. The summed E-state index contributed by atoms with van der Waals surface area (Å²) < 4.78 is 0. The number of aliphatic hydroxyl groups is 2. The van der Waals surface area contributed by atoms with Crippen LogP contribution in [0.5, 0.6) is 11.5 Å². The van der Waals surface area contributed by atoms with E-state index in [0.29, 0.717) is 44.5 Å². The van der Waals surface area contributed by atoms with Gasteiger partial charge >= 0.3 is 11.9 Å². The number of carboxylic acids is 2. The van der Waals surface area contributed by atoms with Crippen molar-refractivity contribution >= 4 is 58.5 Å². The van der Waals surface area contributed by atoms with E-state index in [-0.39, 0.29) is 65.8 Å². The Morgan fingerprint density at radius 2 is 1.35 bits per heavy atom. The highest BCUT2D eigenvalue weighted by Crippen LogP contribution is 2.46. The number of rotatable bonds is 23. The van der Waals surface area contributed by atoms with E-state index >= 15 is 0 Å². The van der Waals surface area contributed by atoms with E-state index in [1.165, 1.54) is 0 Å². The van der Waals surface area contributed by atoms with Crippen LogP contribution in [0.15, 0.2) is 23.1 Å². The zero-order valence-corrected chi connectivity index (χ0v) is 28.8. The summed E-state index contributed by atoms with van der Waals surface area (Å²) in [6.07, 6.45) is -0.644. The number of benzene rings is 2. The van der Waals surface area contributed by atoms with Crippen LogP contribution >= 0.6 is 11.8 Å². The second-order valence-corrected chi connectivity index (χ2v) is 12.5. The first-order valence-electron chi connectivity index (χ1n) is 16.2. The number of carbonyl (C=O) groups excluding carboxylic acids is 4. The number of phenols is 2. The van der Waals surface area contributed by atoms with Gasteiger partial charge in [0.2, 0.25) is 23.4 Å². The van der Waals surface area contributed by atoms with Crippen LogP contribution in [0, 0.1) is 0 Å². The number of aromatic hydroxyl groups is 2. The van der Waals surface area contributed by atoms with E-state index in [1.54, 1.807) is 12.1 Å². The Morgan fingerprint density at radius 1 is 0.788 bits per heavy atom. The van der Waals surface area contributed by atoms with Gasteiger partial charge in [0.05, 0.1) is 40.4 Å². The maximum absolute atomic E-state index is 14.2. The lowest BCUT2D eigenvalue weighted by Gasteiger charge is -2.26. The lowest BCUT2D eigenvalue weighted by Crippen LogP contribution is -2.49. The van der Waals surface area contributed by atoms with Crippen LogP contribution in [-0.2, 0) is 19.2 Å². The Morgan fingerprint density at radius 3 is 1.87 bits per heavy atom. The molecule has 3 rings (SSSR count). The Hall–Kier alpha value is -4.99. The molecule has 2 unspecified atom stereocenters. The van der Waals surface area contributed by atoms with Crippen LogP contribution in [0.25, 0.3) is 0 Å². The van der Waals surface area contributed by atoms with Crippen molar-refractivity contribution in [3.05, 3.63) is 40.5 Å². The minimum absolute atomic E-state index is 0.0522. The smallest absolute Gasteiger partial charge is 0.322 e. The molecular formula is C32H43N7O12S. The van der Waals surface area contributed by atoms with Crippen LogP contribution in [-0.4, -0.2) is 143 Å². The lowest BCUT2D eigenvalue weighted by molar-refractivity contribution is -0.139. The number of phenolic OH excluding ortho intramolecular Hbond substituents is 2. The Bertz CT molecular complexity index is 1660. The van der Waals surface area contributed by atoms with E-state index in [9.17, 15) is 39.0 Å². The quantitative estimate of drug-likeness (QED) is 0.0279. The molecule has 14 N–H and O–H groups in total. The van der Waals surface area contributed by atoms with Gasteiger partial charge in [-0.2, -0.15) is 0 Å². The molecule has 1 aliphatic carbocycles. The molecule has 0 fully saturated rings. The first kappa shape index (κ1) is 41.4. The molecule has 0 radical (unpaired) electrons. The number of nitrogens with two attached hydrogens (primary N) is 1. The number of nitrogens with one attached hydrogen (secondary N) is 6. The summed E-state index contributed by atoms with van der Waals surface area (Å²) in [6, 6.07) is 1.41. The zero-order valence-electron chi connectivity index (χ0n) is 28.0. The summed E-state index contributed by atoms with van der Waals surface area (Å²) in [5.41, 5.74) is 4.89. The van der Waals surface area contributed by atoms with E-state index < -0.39 is 76.6 Å². The summed E-state index contributed by atoms with van der Waals surface area (Å²) >= 11 is 0.710. The van der Waals surface area contributed by atoms with Crippen molar-refractivity contribution in [1.82, 2.24) is 21.3 Å². The second-order valence-electron chi connectivity index (χ2n) is 11.4. The van der Waals surface area contributed by atoms with Gasteiger partial charge in [-0.05, 0) is 24.6 Å². The molecular weight excluding hydrogens is 706 g/mol. The summed E-state index contributed by atoms with van der Waals surface area (Å²) in [5, 5.41) is 75.2. The van der Waals surface area contributed by atoms with Crippen LogP contribution < -0.4 is 37.6 Å². The fourth-order valence-electron chi connectivity index (χ4n) is 5.11. The largest absolute Gasteiger partial charge is 0.507 e. The van der Waals surface area contributed by atoms with Crippen molar-refractivity contribution in [2.45, 2.75) is 29.8 Å². The molecule has 19 nitrogen and oxygen atoms in total. The van der Waals surface area contributed by atoms with Crippen molar-refractivity contribution in [1.29, 1.82) is 0 Å².